The first-order valence-electron chi connectivity index (χ1n) is 8.11. The first kappa shape index (κ1) is 18.4. The third kappa shape index (κ3) is 3.91. The molecule has 6 nitrogen and oxygen atoms in total. The molecule has 0 spiro atoms. The van der Waals surface area contributed by atoms with Crippen molar-refractivity contribution in [2.75, 3.05) is 11.4 Å². The minimum absolute atomic E-state index is 0.0424. The van der Waals surface area contributed by atoms with Crippen LogP contribution in [0.15, 0.2) is 78.0 Å². The van der Waals surface area contributed by atoms with Crippen molar-refractivity contribution < 1.29 is 13.2 Å². The highest BCUT2D eigenvalue weighted by atomic mass is 32.2. The topological polar surface area (TPSA) is 83.3 Å². The Kier molecular flexibility index (Phi) is 5.38. The fourth-order valence-corrected chi connectivity index (χ4v) is 4.23. The van der Waals surface area contributed by atoms with Crippen molar-refractivity contribution in [1.29, 1.82) is 5.26 Å². The zero-order valence-corrected chi connectivity index (χ0v) is 15.4. The van der Waals surface area contributed by atoms with Crippen molar-refractivity contribution in [3.05, 3.63) is 84.2 Å². The molecule has 1 aromatic heterocycles. The standard InChI is InChI=1S/C20H17N3O3S/c1-26-19-9-4-8-18(12-19)23(15-16-6-5-11-22-14-16)27(24,25)20-10-3-2-7-17(20)13-21/h2-12,14H,15H2,1H3. The van der Waals surface area contributed by atoms with Crippen LogP contribution >= 0.6 is 0 Å². The van der Waals surface area contributed by atoms with Gasteiger partial charge in [0.1, 0.15) is 16.7 Å². The molecule has 1 heterocycles. The fourth-order valence-electron chi connectivity index (χ4n) is 2.64. The number of nitrogens with zero attached hydrogens (tertiary/aromatic N) is 3. The zero-order chi connectivity index (χ0) is 19.3. The quantitative estimate of drug-likeness (QED) is 0.656. The molecule has 0 radical (unpaired) electrons. The molecule has 0 N–H and O–H groups in total. The monoisotopic (exact) mass is 379 g/mol. The summed E-state index contributed by atoms with van der Waals surface area (Å²) in [5.74, 6) is 0.535. The lowest BCUT2D eigenvalue weighted by molar-refractivity contribution is 0.415. The van der Waals surface area contributed by atoms with Gasteiger partial charge in [0.25, 0.3) is 10.0 Å². The summed E-state index contributed by atoms with van der Waals surface area (Å²) in [5.41, 5.74) is 1.25. The Morgan fingerprint density at radius 1 is 1.11 bits per heavy atom. The normalized spacial score (nSPS) is 10.8. The van der Waals surface area contributed by atoms with Gasteiger partial charge in [0, 0.05) is 18.5 Å². The summed E-state index contributed by atoms with van der Waals surface area (Å²) >= 11 is 0. The number of methoxy groups -OCH3 is 1. The van der Waals surface area contributed by atoms with Crippen molar-refractivity contribution in [2.24, 2.45) is 0 Å². The average Bonchev–Trinajstić information content (AvgIpc) is 2.72. The summed E-state index contributed by atoms with van der Waals surface area (Å²) in [6.45, 7) is 0.0725. The molecule has 0 unspecified atom stereocenters. The second kappa shape index (κ2) is 7.89. The maximum absolute atomic E-state index is 13.4. The second-order valence-corrected chi connectivity index (χ2v) is 7.51. The number of rotatable bonds is 6. The van der Waals surface area contributed by atoms with E-state index in [1.807, 2.05) is 6.07 Å². The molecule has 0 fully saturated rings. The highest BCUT2D eigenvalue weighted by Crippen LogP contribution is 2.29. The second-order valence-electron chi connectivity index (χ2n) is 5.68. The van der Waals surface area contributed by atoms with Crippen LogP contribution in [0.2, 0.25) is 0 Å². The summed E-state index contributed by atoms with van der Waals surface area (Å²) in [6.07, 6.45) is 3.23. The summed E-state index contributed by atoms with van der Waals surface area (Å²) in [6, 6.07) is 18.4. The lowest BCUT2D eigenvalue weighted by atomic mass is 10.2. The number of aromatic nitrogens is 1. The van der Waals surface area contributed by atoms with Crippen LogP contribution in [0, 0.1) is 11.3 Å². The van der Waals surface area contributed by atoms with Crippen LogP contribution in [0.5, 0.6) is 5.75 Å². The van der Waals surface area contributed by atoms with Crippen molar-refractivity contribution in [3.63, 3.8) is 0 Å². The molecule has 0 saturated heterocycles. The highest BCUT2D eigenvalue weighted by Gasteiger charge is 2.28. The third-order valence-corrected chi connectivity index (χ3v) is 5.80. The lowest BCUT2D eigenvalue weighted by Gasteiger charge is -2.25. The van der Waals surface area contributed by atoms with Gasteiger partial charge < -0.3 is 4.74 Å². The minimum Gasteiger partial charge on any atom is -0.497 e. The molecule has 3 rings (SSSR count). The Hall–Kier alpha value is -3.37. The van der Waals surface area contributed by atoms with Crippen LogP contribution in [-0.4, -0.2) is 20.5 Å². The third-order valence-electron chi connectivity index (χ3n) is 3.97. The van der Waals surface area contributed by atoms with E-state index < -0.39 is 10.0 Å². The molecule has 0 saturated carbocycles. The van der Waals surface area contributed by atoms with Crippen molar-refractivity contribution >= 4 is 15.7 Å². The van der Waals surface area contributed by atoms with Gasteiger partial charge in [-0.25, -0.2) is 8.42 Å². The Balaban J connectivity index is 2.15. The maximum atomic E-state index is 13.4. The van der Waals surface area contributed by atoms with E-state index in [1.165, 1.54) is 23.5 Å². The van der Waals surface area contributed by atoms with Gasteiger partial charge in [0.05, 0.1) is 24.9 Å². The van der Waals surface area contributed by atoms with E-state index in [1.54, 1.807) is 60.9 Å². The zero-order valence-electron chi connectivity index (χ0n) is 14.6. The number of ether oxygens (including phenoxy) is 1. The smallest absolute Gasteiger partial charge is 0.265 e. The molecule has 0 aliphatic carbocycles. The van der Waals surface area contributed by atoms with Gasteiger partial charge in [0.15, 0.2) is 0 Å². The minimum atomic E-state index is -3.99. The van der Waals surface area contributed by atoms with Gasteiger partial charge in [0.2, 0.25) is 0 Å². The van der Waals surface area contributed by atoms with E-state index >= 15 is 0 Å². The molecule has 136 valence electrons. The highest BCUT2D eigenvalue weighted by molar-refractivity contribution is 7.92. The van der Waals surface area contributed by atoms with E-state index in [2.05, 4.69) is 4.98 Å². The molecule has 7 heteroatoms. The molecule has 0 aliphatic rings. The van der Waals surface area contributed by atoms with E-state index in [0.29, 0.717) is 11.4 Å². The summed E-state index contributed by atoms with van der Waals surface area (Å²) in [4.78, 5) is 4.01. The van der Waals surface area contributed by atoms with Gasteiger partial charge >= 0.3 is 0 Å². The van der Waals surface area contributed by atoms with Crippen LogP contribution in [0.25, 0.3) is 0 Å². The molecule has 0 atom stereocenters. The molecule has 2 aromatic carbocycles. The summed E-state index contributed by atoms with van der Waals surface area (Å²) < 4.78 is 33.3. The van der Waals surface area contributed by atoms with E-state index in [-0.39, 0.29) is 17.0 Å². The van der Waals surface area contributed by atoms with Crippen LogP contribution in [-0.2, 0) is 16.6 Å². The average molecular weight is 379 g/mol. The Labute approximate surface area is 158 Å². The first-order valence-corrected chi connectivity index (χ1v) is 9.55. The molecule has 27 heavy (non-hydrogen) atoms. The van der Waals surface area contributed by atoms with Crippen LogP contribution < -0.4 is 9.04 Å². The Morgan fingerprint density at radius 3 is 2.63 bits per heavy atom. The summed E-state index contributed by atoms with van der Waals surface area (Å²) in [5, 5.41) is 9.34. The first-order chi connectivity index (χ1) is 13.1. The number of anilines is 1. The van der Waals surface area contributed by atoms with E-state index in [9.17, 15) is 13.7 Å². The predicted octanol–water partition coefficient (Wildman–Crippen LogP) is 3.36. The number of hydrogen-bond acceptors (Lipinski definition) is 5. The molecule has 0 amide bonds. The SMILES string of the molecule is COc1cccc(N(Cc2cccnc2)S(=O)(=O)c2ccccc2C#N)c1. The largest absolute Gasteiger partial charge is 0.497 e. The van der Waals surface area contributed by atoms with Gasteiger partial charge in [-0.3, -0.25) is 9.29 Å². The van der Waals surface area contributed by atoms with Crippen molar-refractivity contribution in [2.45, 2.75) is 11.4 Å². The van der Waals surface area contributed by atoms with Gasteiger partial charge in [-0.15, -0.1) is 0 Å². The van der Waals surface area contributed by atoms with Gasteiger partial charge in [-0.1, -0.05) is 24.3 Å². The molecular formula is C20H17N3O3S. The number of benzene rings is 2. The maximum Gasteiger partial charge on any atom is 0.265 e. The summed E-state index contributed by atoms with van der Waals surface area (Å²) in [7, 11) is -2.47. The molecule has 0 bridgehead atoms. The van der Waals surface area contributed by atoms with Gasteiger partial charge in [-0.05, 0) is 35.9 Å². The lowest BCUT2D eigenvalue weighted by Crippen LogP contribution is -2.31. The van der Waals surface area contributed by atoms with E-state index in [4.69, 9.17) is 4.74 Å². The predicted molar refractivity (Wildman–Crippen MR) is 102 cm³/mol. The molecule has 3 aromatic rings. The molecule has 0 aliphatic heterocycles. The molecular weight excluding hydrogens is 362 g/mol. The van der Waals surface area contributed by atoms with Crippen molar-refractivity contribution in [1.82, 2.24) is 4.98 Å². The Bertz CT molecular complexity index is 1080. The number of hydrogen-bond donors (Lipinski definition) is 0. The van der Waals surface area contributed by atoms with Crippen LogP contribution in [0.1, 0.15) is 11.1 Å². The fraction of sp³-hybridized carbons (Fsp3) is 0.100. The van der Waals surface area contributed by atoms with Crippen LogP contribution in [0.3, 0.4) is 0 Å². The van der Waals surface area contributed by atoms with Gasteiger partial charge in [-0.2, -0.15) is 5.26 Å². The number of pyridine rings is 1. The van der Waals surface area contributed by atoms with E-state index in [0.717, 1.165) is 5.56 Å². The Morgan fingerprint density at radius 2 is 1.93 bits per heavy atom. The van der Waals surface area contributed by atoms with Crippen LogP contribution in [0.4, 0.5) is 5.69 Å². The number of sulfonamides is 1. The van der Waals surface area contributed by atoms with Crippen molar-refractivity contribution in [3.8, 4) is 11.8 Å². The number of nitriles is 1.